The predicted octanol–water partition coefficient (Wildman–Crippen LogP) is 0.662. The normalized spacial score (nSPS) is 11.3. The lowest BCUT2D eigenvalue weighted by Gasteiger charge is -2.19. The van der Waals surface area contributed by atoms with Gasteiger partial charge in [-0.15, -0.1) is 0 Å². The third-order valence-electron chi connectivity index (χ3n) is 2.04. The van der Waals surface area contributed by atoms with Crippen molar-refractivity contribution in [1.29, 1.82) is 0 Å². The topological polar surface area (TPSA) is 66.2 Å². The number of hydrogen-bond acceptors (Lipinski definition) is 4. The molecular weight excluding hydrogens is 192 g/mol. The van der Waals surface area contributed by atoms with Crippen LogP contribution in [0.4, 0.5) is 0 Å². The molecule has 2 rings (SSSR count). The number of aromatic nitrogens is 2. The van der Waals surface area contributed by atoms with Gasteiger partial charge in [0, 0.05) is 12.4 Å². The molecule has 2 N–H and O–H groups in total. The molecular formula is C11H10N2O2. The van der Waals surface area contributed by atoms with E-state index in [1.165, 1.54) is 24.5 Å². The summed E-state index contributed by atoms with van der Waals surface area (Å²) in [5.41, 5.74) is 0.312. The Morgan fingerprint density at radius 3 is 1.60 bits per heavy atom. The van der Waals surface area contributed by atoms with E-state index in [1.807, 2.05) is 0 Å². The highest BCUT2D eigenvalue weighted by atomic mass is 16.5. The third-order valence-corrected chi connectivity index (χ3v) is 2.04. The third kappa shape index (κ3) is 1.86. The summed E-state index contributed by atoms with van der Waals surface area (Å²) in [5.74, 6) is -2.14. The summed E-state index contributed by atoms with van der Waals surface area (Å²) < 4.78 is 0. The number of hydrogen-bond donors (Lipinski definition) is 2. The van der Waals surface area contributed by atoms with Crippen LogP contribution in [-0.2, 0) is 5.79 Å². The van der Waals surface area contributed by atoms with Crippen LogP contribution in [0.25, 0.3) is 0 Å². The van der Waals surface area contributed by atoms with Crippen molar-refractivity contribution in [3.05, 3.63) is 60.2 Å². The van der Waals surface area contributed by atoms with Gasteiger partial charge in [0.25, 0.3) is 5.79 Å². The fraction of sp³-hybridized carbons (Fsp3) is 0.0909. The van der Waals surface area contributed by atoms with E-state index < -0.39 is 5.79 Å². The average Bonchev–Trinajstić information content (AvgIpc) is 2.31. The first-order chi connectivity index (χ1) is 7.21. The Bertz CT molecular complexity index is 387. The van der Waals surface area contributed by atoms with E-state index in [0.29, 0.717) is 0 Å². The van der Waals surface area contributed by atoms with E-state index in [0.717, 1.165) is 0 Å². The molecule has 0 saturated carbocycles. The maximum absolute atomic E-state index is 9.89. The van der Waals surface area contributed by atoms with E-state index in [-0.39, 0.29) is 11.4 Å². The Balaban J connectivity index is 2.44. The van der Waals surface area contributed by atoms with Crippen LogP contribution in [0.1, 0.15) is 11.4 Å². The van der Waals surface area contributed by atoms with Crippen LogP contribution in [-0.4, -0.2) is 20.2 Å². The molecule has 0 radical (unpaired) electrons. The lowest BCUT2D eigenvalue weighted by Crippen LogP contribution is -2.28. The Morgan fingerprint density at radius 1 is 0.800 bits per heavy atom. The minimum absolute atomic E-state index is 0.156. The zero-order valence-electron chi connectivity index (χ0n) is 7.91. The van der Waals surface area contributed by atoms with Crippen molar-refractivity contribution in [2.45, 2.75) is 5.79 Å². The first-order valence-electron chi connectivity index (χ1n) is 4.49. The minimum Gasteiger partial charge on any atom is -0.356 e. The van der Waals surface area contributed by atoms with Crippen LogP contribution >= 0.6 is 0 Å². The molecule has 4 nitrogen and oxygen atoms in total. The van der Waals surface area contributed by atoms with Gasteiger partial charge in [-0.25, -0.2) is 0 Å². The van der Waals surface area contributed by atoms with E-state index in [4.69, 9.17) is 0 Å². The monoisotopic (exact) mass is 202 g/mol. The van der Waals surface area contributed by atoms with Gasteiger partial charge in [-0.1, -0.05) is 12.1 Å². The SMILES string of the molecule is OC(O)(c1ccccn1)c1ccccn1. The molecule has 15 heavy (non-hydrogen) atoms. The Kier molecular flexibility index (Phi) is 2.45. The highest BCUT2D eigenvalue weighted by Gasteiger charge is 2.31. The lowest BCUT2D eigenvalue weighted by molar-refractivity contribution is -0.138. The van der Waals surface area contributed by atoms with Crippen molar-refractivity contribution in [2.75, 3.05) is 0 Å². The van der Waals surface area contributed by atoms with E-state index in [9.17, 15) is 10.2 Å². The number of pyridine rings is 2. The van der Waals surface area contributed by atoms with E-state index in [1.54, 1.807) is 24.3 Å². The molecule has 2 aromatic rings. The molecule has 0 aromatic carbocycles. The Labute approximate surface area is 86.9 Å². The smallest absolute Gasteiger partial charge is 0.252 e. The maximum atomic E-state index is 9.89. The van der Waals surface area contributed by atoms with Gasteiger partial charge >= 0.3 is 0 Å². The minimum atomic E-state index is -2.14. The predicted molar refractivity (Wildman–Crippen MR) is 53.7 cm³/mol. The molecule has 0 aliphatic rings. The summed E-state index contributed by atoms with van der Waals surface area (Å²) >= 11 is 0. The average molecular weight is 202 g/mol. The Hall–Kier alpha value is -1.78. The van der Waals surface area contributed by atoms with Crippen molar-refractivity contribution in [3.8, 4) is 0 Å². The van der Waals surface area contributed by atoms with Crippen molar-refractivity contribution >= 4 is 0 Å². The van der Waals surface area contributed by atoms with Crippen LogP contribution < -0.4 is 0 Å². The van der Waals surface area contributed by atoms with Crippen LogP contribution in [0.2, 0.25) is 0 Å². The summed E-state index contributed by atoms with van der Waals surface area (Å²) in [4.78, 5) is 7.77. The van der Waals surface area contributed by atoms with Gasteiger partial charge in [0.15, 0.2) is 0 Å². The number of aliphatic hydroxyl groups is 2. The van der Waals surface area contributed by atoms with Gasteiger partial charge in [-0.3, -0.25) is 9.97 Å². The second-order valence-corrected chi connectivity index (χ2v) is 3.10. The van der Waals surface area contributed by atoms with Gasteiger partial charge in [-0.05, 0) is 24.3 Å². The van der Waals surface area contributed by atoms with Crippen LogP contribution in [0.3, 0.4) is 0 Å². The largest absolute Gasteiger partial charge is 0.356 e. The molecule has 0 amide bonds. The molecule has 0 saturated heterocycles. The van der Waals surface area contributed by atoms with Crippen LogP contribution in [0, 0.1) is 0 Å². The molecule has 4 heteroatoms. The van der Waals surface area contributed by atoms with Gasteiger partial charge in [-0.2, -0.15) is 0 Å². The van der Waals surface area contributed by atoms with Crippen LogP contribution in [0.15, 0.2) is 48.8 Å². The van der Waals surface area contributed by atoms with Crippen molar-refractivity contribution < 1.29 is 10.2 Å². The molecule has 0 aliphatic heterocycles. The summed E-state index contributed by atoms with van der Waals surface area (Å²) in [6.45, 7) is 0. The second-order valence-electron chi connectivity index (χ2n) is 3.10. The molecule has 76 valence electrons. The summed E-state index contributed by atoms with van der Waals surface area (Å²) in [7, 11) is 0. The first kappa shape index (κ1) is 9.76. The number of rotatable bonds is 2. The molecule has 0 spiro atoms. The zero-order valence-corrected chi connectivity index (χ0v) is 7.91. The standard InChI is InChI=1S/C11H10N2O2/c14-11(15,9-5-1-3-7-12-9)10-6-2-4-8-13-10/h1-8,14-15H. The van der Waals surface area contributed by atoms with Crippen molar-refractivity contribution in [3.63, 3.8) is 0 Å². The maximum Gasteiger partial charge on any atom is 0.252 e. The zero-order chi connectivity index (χ0) is 10.7. The van der Waals surface area contributed by atoms with Gasteiger partial charge in [0.1, 0.15) is 11.4 Å². The molecule has 2 aromatic heterocycles. The molecule has 0 unspecified atom stereocenters. The van der Waals surface area contributed by atoms with Gasteiger partial charge < -0.3 is 10.2 Å². The quantitative estimate of drug-likeness (QED) is 0.702. The van der Waals surface area contributed by atoms with Crippen molar-refractivity contribution in [1.82, 2.24) is 9.97 Å². The van der Waals surface area contributed by atoms with E-state index >= 15 is 0 Å². The molecule has 0 fully saturated rings. The van der Waals surface area contributed by atoms with Crippen LogP contribution in [0.5, 0.6) is 0 Å². The summed E-state index contributed by atoms with van der Waals surface area (Å²) in [6, 6.07) is 9.86. The Morgan fingerprint density at radius 2 is 1.27 bits per heavy atom. The fourth-order valence-electron chi connectivity index (χ4n) is 1.27. The van der Waals surface area contributed by atoms with Gasteiger partial charge in [0.2, 0.25) is 0 Å². The van der Waals surface area contributed by atoms with Crippen molar-refractivity contribution in [2.24, 2.45) is 0 Å². The number of nitrogens with zero attached hydrogens (tertiary/aromatic N) is 2. The summed E-state index contributed by atoms with van der Waals surface area (Å²) in [6.07, 6.45) is 3.00. The van der Waals surface area contributed by atoms with Gasteiger partial charge in [0.05, 0.1) is 0 Å². The lowest BCUT2D eigenvalue weighted by atomic mass is 10.1. The fourth-order valence-corrected chi connectivity index (χ4v) is 1.27. The first-order valence-corrected chi connectivity index (χ1v) is 4.49. The second kappa shape index (κ2) is 3.76. The molecule has 0 bridgehead atoms. The highest BCUT2D eigenvalue weighted by Crippen LogP contribution is 2.22. The molecule has 0 aliphatic carbocycles. The molecule has 2 heterocycles. The molecule has 0 atom stereocenters. The summed E-state index contributed by atoms with van der Waals surface area (Å²) in [5, 5.41) is 19.8. The van der Waals surface area contributed by atoms with E-state index in [2.05, 4.69) is 9.97 Å². The highest BCUT2D eigenvalue weighted by molar-refractivity contribution is 5.22.